The van der Waals surface area contributed by atoms with Gasteiger partial charge in [0.15, 0.2) is 0 Å². The lowest BCUT2D eigenvalue weighted by Gasteiger charge is -2.33. The first kappa shape index (κ1) is 16.1. The van der Waals surface area contributed by atoms with E-state index < -0.39 is 6.10 Å². The molecule has 2 atom stereocenters. The summed E-state index contributed by atoms with van der Waals surface area (Å²) < 4.78 is 7.19. The van der Waals surface area contributed by atoms with E-state index in [0.29, 0.717) is 44.5 Å². The fraction of sp³-hybridized carbons (Fsp3) is 0.765. The molecule has 7 nitrogen and oxygen atoms in total. The number of β-amino-alcohol motifs (C(OH)–C–C–N with tert-alkyl or cyclic N) is 1. The van der Waals surface area contributed by atoms with Crippen LogP contribution in [0.25, 0.3) is 0 Å². The molecule has 0 unspecified atom stereocenters. The zero-order valence-corrected chi connectivity index (χ0v) is 14.2. The second-order valence-corrected chi connectivity index (χ2v) is 7.04. The van der Waals surface area contributed by atoms with E-state index in [0.717, 1.165) is 18.8 Å². The van der Waals surface area contributed by atoms with Gasteiger partial charge in [-0.25, -0.2) is 0 Å². The summed E-state index contributed by atoms with van der Waals surface area (Å²) in [7, 11) is 0. The monoisotopic (exact) mass is 334 g/mol. The smallest absolute Gasteiger partial charge is 0.272 e. The first-order valence-corrected chi connectivity index (χ1v) is 9.04. The molecule has 2 saturated heterocycles. The van der Waals surface area contributed by atoms with E-state index in [9.17, 15) is 9.90 Å². The van der Waals surface area contributed by atoms with Crippen LogP contribution < -0.4 is 0 Å². The zero-order chi connectivity index (χ0) is 16.7. The quantitative estimate of drug-likeness (QED) is 0.857. The second kappa shape index (κ2) is 6.46. The van der Waals surface area contributed by atoms with E-state index >= 15 is 0 Å². The van der Waals surface area contributed by atoms with E-state index in [-0.39, 0.29) is 11.9 Å². The highest BCUT2D eigenvalue weighted by molar-refractivity contribution is 5.93. The minimum Gasteiger partial charge on any atom is -0.390 e. The van der Waals surface area contributed by atoms with E-state index in [1.54, 1.807) is 4.90 Å². The molecule has 3 aliphatic rings. The summed E-state index contributed by atoms with van der Waals surface area (Å²) in [6.07, 6.45) is 1.86. The number of aromatic nitrogens is 2. The summed E-state index contributed by atoms with van der Waals surface area (Å²) in [6.45, 7) is 6.72. The van der Waals surface area contributed by atoms with Crippen molar-refractivity contribution in [1.82, 2.24) is 19.6 Å². The number of carbonyl (C=O) groups is 1. The highest BCUT2D eigenvalue weighted by Crippen LogP contribution is 2.39. The van der Waals surface area contributed by atoms with Gasteiger partial charge in [0, 0.05) is 38.6 Å². The Kier molecular flexibility index (Phi) is 4.32. The Morgan fingerprint density at radius 1 is 1.33 bits per heavy atom. The summed E-state index contributed by atoms with van der Waals surface area (Å²) in [5, 5.41) is 15.0. The lowest BCUT2D eigenvalue weighted by molar-refractivity contribution is -0.00611. The number of morpholine rings is 1. The maximum atomic E-state index is 13.0. The van der Waals surface area contributed by atoms with Crippen LogP contribution >= 0.6 is 0 Å². The van der Waals surface area contributed by atoms with Crippen molar-refractivity contribution in [2.75, 3.05) is 39.4 Å². The lowest BCUT2D eigenvalue weighted by atomic mass is 10.1. The molecule has 1 saturated carbocycles. The van der Waals surface area contributed by atoms with Crippen molar-refractivity contribution in [1.29, 1.82) is 0 Å². The molecule has 2 aliphatic heterocycles. The van der Waals surface area contributed by atoms with Crippen molar-refractivity contribution in [3.8, 4) is 0 Å². The van der Waals surface area contributed by atoms with Gasteiger partial charge >= 0.3 is 0 Å². The van der Waals surface area contributed by atoms with E-state index in [2.05, 4.69) is 10.00 Å². The van der Waals surface area contributed by atoms with Crippen LogP contribution in [0.15, 0.2) is 6.07 Å². The van der Waals surface area contributed by atoms with Gasteiger partial charge in [-0.15, -0.1) is 0 Å². The van der Waals surface area contributed by atoms with E-state index in [4.69, 9.17) is 4.74 Å². The van der Waals surface area contributed by atoms with Gasteiger partial charge in [0.2, 0.25) is 0 Å². The molecule has 1 N–H and O–H groups in total. The Balaban J connectivity index is 1.48. The molecule has 1 amide bonds. The van der Waals surface area contributed by atoms with Crippen LogP contribution in [0, 0.1) is 0 Å². The summed E-state index contributed by atoms with van der Waals surface area (Å²) in [5.41, 5.74) is 1.71. The van der Waals surface area contributed by atoms with Gasteiger partial charge in [0.1, 0.15) is 5.69 Å². The fourth-order valence-corrected chi connectivity index (χ4v) is 3.79. The minimum atomic E-state index is -0.493. The third-order valence-corrected chi connectivity index (χ3v) is 5.37. The molecular formula is C17H26N4O3. The number of rotatable bonds is 4. The zero-order valence-electron chi connectivity index (χ0n) is 14.2. The minimum absolute atomic E-state index is 0.00828. The Bertz CT molecular complexity index is 607. The van der Waals surface area contributed by atoms with Gasteiger partial charge in [-0.1, -0.05) is 0 Å². The number of aliphatic hydroxyl groups is 1. The van der Waals surface area contributed by atoms with Crippen LogP contribution in [0.4, 0.5) is 0 Å². The standard InChI is InChI=1S/C17H26N4O3/c1-2-21-14(9-13(18-21)12-3-4-12)17(23)20-10-15(16(22)11-20)19-5-7-24-8-6-19/h9,12,15-16,22H,2-8,10-11H2,1H3/t15-,16-/m1/s1. The Hall–Kier alpha value is -1.44. The van der Waals surface area contributed by atoms with Gasteiger partial charge in [0.05, 0.1) is 31.1 Å². The summed E-state index contributed by atoms with van der Waals surface area (Å²) in [4.78, 5) is 17.0. The van der Waals surface area contributed by atoms with Crippen LogP contribution in [-0.4, -0.2) is 82.1 Å². The van der Waals surface area contributed by atoms with Crippen LogP contribution in [0.2, 0.25) is 0 Å². The molecular weight excluding hydrogens is 308 g/mol. The van der Waals surface area contributed by atoms with Gasteiger partial charge < -0.3 is 14.7 Å². The average Bonchev–Trinajstić information content (AvgIpc) is 3.25. The van der Waals surface area contributed by atoms with Crippen molar-refractivity contribution in [3.63, 3.8) is 0 Å². The highest BCUT2D eigenvalue weighted by atomic mass is 16.5. The van der Waals surface area contributed by atoms with E-state index in [1.165, 1.54) is 12.8 Å². The van der Waals surface area contributed by atoms with Crippen LogP contribution in [-0.2, 0) is 11.3 Å². The Morgan fingerprint density at radius 2 is 2.08 bits per heavy atom. The molecule has 24 heavy (non-hydrogen) atoms. The third kappa shape index (κ3) is 2.96. The normalized spacial score (nSPS) is 28.5. The summed E-state index contributed by atoms with van der Waals surface area (Å²) >= 11 is 0. The number of ether oxygens (including phenoxy) is 1. The lowest BCUT2D eigenvalue weighted by Crippen LogP contribution is -2.49. The Labute approximate surface area is 142 Å². The van der Waals surface area contributed by atoms with Crippen molar-refractivity contribution >= 4 is 5.91 Å². The molecule has 4 rings (SSSR count). The SMILES string of the molecule is CCn1nc(C2CC2)cc1C(=O)N1C[C@@H](O)[C@H](N2CCOCC2)C1. The maximum absolute atomic E-state index is 13.0. The predicted octanol–water partition coefficient (Wildman–Crippen LogP) is 0.298. The molecule has 0 bridgehead atoms. The summed E-state index contributed by atoms with van der Waals surface area (Å²) in [6, 6.07) is 1.97. The van der Waals surface area contributed by atoms with Crippen molar-refractivity contribution in [3.05, 3.63) is 17.5 Å². The van der Waals surface area contributed by atoms with Gasteiger partial charge in [0.25, 0.3) is 5.91 Å². The second-order valence-electron chi connectivity index (χ2n) is 7.04. The average molecular weight is 334 g/mol. The number of carbonyl (C=O) groups excluding carboxylic acids is 1. The largest absolute Gasteiger partial charge is 0.390 e. The first-order chi connectivity index (χ1) is 11.7. The topological polar surface area (TPSA) is 70.8 Å². The van der Waals surface area contributed by atoms with Gasteiger partial charge in [-0.2, -0.15) is 5.10 Å². The number of likely N-dealkylation sites (tertiary alicyclic amines) is 1. The molecule has 1 aromatic rings. The van der Waals surface area contributed by atoms with Crippen LogP contribution in [0.3, 0.4) is 0 Å². The molecule has 7 heteroatoms. The first-order valence-electron chi connectivity index (χ1n) is 9.04. The molecule has 1 aliphatic carbocycles. The predicted molar refractivity (Wildman–Crippen MR) is 88.0 cm³/mol. The highest BCUT2D eigenvalue weighted by Gasteiger charge is 2.39. The van der Waals surface area contributed by atoms with Gasteiger partial charge in [-0.3, -0.25) is 14.4 Å². The van der Waals surface area contributed by atoms with Crippen molar-refractivity contribution < 1.29 is 14.6 Å². The molecule has 132 valence electrons. The molecule has 0 radical (unpaired) electrons. The molecule has 3 fully saturated rings. The molecule has 3 heterocycles. The maximum Gasteiger partial charge on any atom is 0.272 e. The number of aliphatic hydroxyl groups excluding tert-OH is 1. The number of hydrogen-bond donors (Lipinski definition) is 1. The van der Waals surface area contributed by atoms with Crippen molar-refractivity contribution in [2.24, 2.45) is 0 Å². The van der Waals surface area contributed by atoms with Crippen LogP contribution in [0.1, 0.15) is 41.9 Å². The number of nitrogens with zero attached hydrogens (tertiary/aromatic N) is 4. The van der Waals surface area contributed by atoms with Crippen molar-refractivity contribution in [2.45, 2.75) is 44.4 Å². The summed E-state index contributed by atoms with van der Waals surface area (Å²) in [5.74, 6) is 0.528. The number of aryl methyl sites for hydroxylation is 1. The number of hydrogen-bond acceptors (Lipinski definition) is 5. The Morgan fingerprint density at radius 3 is 2.75 bits per heavy atom. The molecule has 1 aromatic heterocycles. The van der Waals surface area contributed by atoms with Gasteiger partial charge in [-0.05, 0) is 25.8 Å². The molecule has 0 aromatic carbocycles. The molecule has 0 spiro atoms. The van der Waals surface area contributed by atoms with Crippen LogP contribution in [0.5, 0.6) is 0 Å². The third-order valence-electron chi connectivity index (χ3n) is 5.37. The number of amides is 1. The van der Waals surface area contributed by atoms with E-state index in [1.807, 2.05) is 17.7 Å². The fourth-order valence-electron chi connectivity index (χ4n) is 3.79.